The van der Waals surface area contributed by atoms with Crippen molar-refractivity contribution in [2.45, 2.75) is 26.8 Å². The Hall–Kier alpha value is -1.63. The van der Waals surface area contributed by atoms with E-state index in [1.54, 1.807) is 0 Å². The van der Waals surface area contributed by atoms with Crippen LogP contribution in [0.2, 0.25) is 0 Å². The van der Waals surface area contributed by atoms with Crippen molar-refractivity contribution < 1.29 is 0 Å². The highest BCUT2D eigenvalue weighted by Gasteiger charge is 2.13. The van der Waals surface area contributed by atoms with Gasteiger partial charge >= 0.3 is 0 Å². The van der Waals surface area contributed by atoms with Crippen LogP contribution in [0.25, 0.3) is 5.65 Å². The van der Waals surface area contributed by atoms with Gasteiger partial charge in [0.05, 0.1) is 11.7 Å². The third kappa shape index (κ3) is 2.88. The summed E-state index contributed by atoms with van der Waals surface area (Å²) < 4.78 is 3.15. The average molecular weight is 392 g/mol. The van der Waals surface area contributed by atoms with Crippen molar-refractivity contribution in [2.75, 3.05) is 5.32 Å². The van der Waals surface area contributed by atoms with Crippen molar-refractivity contribution in [1.29, 1.82) is 0 Å². The van der Waals surface area contributed by atoms with Crippen molar-refractivity contribution in [3.63, 3.8) is 0 Å². The number of hydrogen-bond acceptors (Lipinski definition) is 3. The fourth-order valence-corrected chi connectivity index (χ4v) is 2.83. The van der Waals surface area contributed by atoms with Crippen LogP contribution in [-0.4, -0.2) is 14.6 Å². The molecule has 21 heavy (non-hydrogen) atoms. The maximum atomic E-state index is 4.50. The number of aromatic nitrogens is 3. The first-order chi connectivity index (χ1) is 10.0. The predicted molar refractivity (Wildman–Crippen MR) is 93.7 cm³/mol. The number of fused-ring (bicyclic) bond motifs is 1. The quantitative estimate of drug-likeness (QED) is 0.682. The minimum Gasteiger partial charge on any atom is -0.378 e. The third-order valence-corrected chi connectivity index (χ3v) is 4.30. The van der Waals surface area contributed by atoms with Crippen LogP contribution in [0, 0.1) is 17.4 Å². The second-order valence-electron chi connectivity index (χ2n) is 5.23. The van der Waals surface area contributed by atoms with Crippen LogP contribution in [0.1, 0.15) is 29.9 Å². The summed E-state index contributed by atoms with van der Waals surface area (Å²) in [6.07, 6.45) is 1.94. The van der Waals surface area contributed by atoms with E-state index in [0.717, 1.165) is 28.3 Å². The summed E-state index contributed by atoms with van der Waals surface area (Å²) in [5.74, 6) is 0. The number of rotatable bonds is 3. The van der Waals surface area contributed by atoms with Gasteiger partial charge in [0.2, 0.25) is 0 Å². The Balaban J connectivity index is 1.92. The maximum Gasteiger partial charge on any atom is 0.155 e. The lowest BCUT2D eigenvalue weighted by atomic mass is 10.1. The minimum absolute atomic E-state index is 0.173. The molecule has 0 saturated heterocycles. The molecule has 3 aromatic rings. The lowest BCUT2D eigenvalue weighted by Crippen LogP contribution is -2.11. The highest BCUT2D eigenvalue weighted by molar-refractivity contribution is 14.1. The molecule has 0 spiro atoms. The fourth-order valence-electron chi connectivity index (χ4n) is 2.47. The molecule has 0 aliphatic heterocycles. The van der Waals surface area contributed by atoms with Crippen LogP contribution in [0.5, 0.6) is 0 Å². The molecular formula is C16H17IN4. The fraction of sp³-hybridized carbons (Fsp3) is 0.250. The van der Waals surface area contributed by atoms with E-state index in [0.29, 0.717) is 0 Å². The summed E-state index contributed by atoms with van der Waals surface area (Å²) in [6.45, 7) is 6.22. The number of benzene rings is 1. The summed E-state index contributed by atoms with van der Waals surface area (Å²) in [4.78, 5) is 4.50. The van der Waals surface area contributed by atoms with Gasteiger partial charge in [0.1, 0.15) is 0 Å². The number of hydrogen-bond donors (Lipinski definition) is 1. The zero-order chi connectivity index (χ0) is 15.0. The first-order valence-corrected chi connectivity index (χ1v) is 7.96. The Morgan fingerprint density at radius 3 is 2.62 bits per heavy atom. The van der Waals surface area contributed by atoms with E-state index in [1.165, 1.54) is 3.57 Å². The monoisotopic (exact) mass is 392 g/mol. The SMILES string of the molecule is Cc1cc2ncc(C(C)Nc3ccc(I)cc3)c(C)n2n1. The number of aryl methyl sites for hydroxylation is 2. The standard InChI is InChI=1S/C16H17IN4/c1-10-8-16-18-9-15(12(3)21(16)20-10)11(2)19-14-6-4-13(17)5-7-14/h4-9,11,19H,1-3H3. The predicted octanol–water partition coefficient (Wildman–Crippen LogP) is 4.12. The number of nitrogens with one attached hydrogen (secondary N) is 1. The Bertz CT molecular complexity index is 777. The Morgan fingerprint density at radius 1 is 1.19 bits per heavy atom. The van der Waals surface area contributed by atoms with Gasteiger partial charge < -0.3 is 5.32 Å². The molecule has 108 valence electrons. The van der Waals surface area contributed by atoms with E-state index in [-0.39, 0.29) is 6.04 Å². The van der Waals surface area contributed by atoms with E-state index in [9.17, 15) is 0 Å². The molecule has 1 atom stereocenters. The zero-order valence-electron chi connectivity index (χ0n) is 12.3. The molecular weight excluding hydrogens is 375 g/mol. The van der Waals surface area contributed by atoms with Gasteiger partial charge in [-0.2, -0.15) is 5.10 Å². The van der Waals surface area contributed by atoms with Crippen LogP contribution in [0.4, 0.5) is 5.69 Å². The van der Waals surface area contributed by atoms with Crippen molar-refractivity contribution in [2.24, 2.45) is 0 Å². The molecule has 0 saturated carbocycles. The molecule has 0 aliphatic rings. The molecule has 2 aromatic heterocycles. The van der Waals surface area contributed by atoms with Gasteiger partial charge in [-0.25, -0.2) is 9.50 Å². The molecule has 0 amide bonds. The molecule has 3 rings (SSSR count). The van der Waals surface area contributed by atoms with Crippen molar-refractivity contribution >= 4 is 33.9 Å². The molecule has 4 nitrogen and oxygen atoms in total. The normalized spacial score (nSPS) is 12.6. The topological polar surface area (TPSA) is 42.2 Å². The molecule has 0 aliphatic carbocycles. The molecule has 5 heteroatoms. The molecule has 2 heterocycles. The van der Waals surface area contributed by atoms with Gasteiger partial charge in [0.25, 0.3) is 0 Å². The number of halogens is 1. The molecule has 0 radical (unpaired) electrons. The smallest absolute Gasteiger partial charge is 0.155 e. The van der Waals surface area contributed by atoms with Crippen molar-refractivity contribution in [1.82, 2.24) is 14.6 Å². The average Bonchev–Trinajstić information content (AvgIpc) is 2.83. The summed E-state index contributed by atoms with van der Waals surface area (Å²) >= 11 is 2.31. The second kappa shape index (κ2) is 5.63. The van der Waals surface area contributed by atoms with Gasteiger partial charge in [-0.3, -0.25) is 0 Å². The van der Waals surface area contributed by atoms with Gasteiger partial charge in [-0.05, 0) is 67.6 Å². The van der Waals surface area contributed by atoms with Gasteiger partial charge in [0, 0.05) is 32.8 Å². The van der Waals surface area contributed by atoms with E-state index in [1.807, 2.05) is 23.7 Å². The summed E-state index contributed by atoms with van der Waals surface area (Å²) in [5, 5.41) is 8.01. The Morgan fingerprint density at radius 2 is 1.90 bits per heavy atom. The number of anilines is 1. The van der Waals surface area contributed by atoms with Crippen molar-refractivity contribution in [3.05, 3.63) is 57.1 Å². The van der Waals surface area contributed by atoms with E-state index in [4.69, 9.17) is 0 Å². The Kier molecular flexibility index (Phi) is 3.84. The van der Waals surface area contributed by atoms with Crippen LogP contribution in [0.15, 0.2) is 36.5 Å². The van der Waals surface area contributed by atoms with Gasteiger partial charge in [0.15, 0.2) is 5.65 Å². The van der Waals surface area contributed by atoms with Gasteiger partial charge in [-0.15, -0.1) is 0 Å². The summed E-state index contributed by atoms with van der Waals surface area (Å²) in [7, 11) is 0. The highest BCUT2D eigenvalue weighted by atomic mass is 127. The lowest BCUT2D eigenvalue weighted by molar-refractivity contribution is 0.798. The van der Waals surface area contributed by atoms with Crippen LogP contribution < -0.4 is 5.32 Å². The molecule has 0 bridgehead atoms. The van der Waals surface area contributed by atoms with Crippen LogP contribution in [0.3, 0.4) is 0 Å². The first kappa shape index (κ1) is 14.3. The van der Waals surface area contributed by atoms with Crippen LogP contribution >= 0.6 is 22.6 Å². The largest absolute Gasteiger partial charge is 0.378 e. The lowest BCUT2D eigenvalue weighted by Gasteiger charge is -2.18. The van der Waals surface area contributed by atoms with E-state index in [2.05, 4.69) is 76.1 Å². The van der Waals surface area contributed by atoms with Crippen molar-refractivity contribution in [3.8, 4) is 0 Å². The van der Waals surface area contributed by atoms with Crippen LogP contribution in [-0.2, 0) is 0 Å². The number of nitrogens with zero attached hydrogens (tertiary/aromatic N) is 3. The minimum atomic E-state index is 0.173. The molecule has 1 unspecified atom stereocenters. The zero-order valence-corrected chi connectivity index (χ0v) is 14.4. The van der Waals surface area contributed by atoms with E-state index < -0.39 is 0 Å². The third-order valence-electron chi connectivity index (χ3n) is 3.58. The second-order valence-corrected chi connectivity index (χ2v) is 6.47. The summed E-state index contributed by atoms with van der Waals surface area (Å²) in [5.41, 5.74) is 5.28. The summed E-state index contributed by atoms with van der Waals surface area (Å²) in [6, 6.07) is 10.6. The molecule has 1 N–H and O–H groups in total. The molecule has 1 aromatic carbocycles. The Labute approximate surface area is 137 Å². The van der Waals surface area contributed by atoms with E-state index >= 15 is 0 Å². The maximum absolute atomic E-state index is 4.50. The first-order valence-electron chi connectivity index (χ1n) is 6.88. The molecule has 0 fully saturated rings. The highest BCUT2D eigenvalue weighted by Crippen LogP contribution is 2.22. The van der Waals surface area contributed by atoms with Gasteiger partial charge in [-0.1, -0.05) is 0 Å².